The summed E-state index contributed by atoms with van der Waals surface area (Å²) in [6, 6.07) is 1.95. The molecule has 0 fully saturated rings. The Labute approximate surface area is 88.3 Å². The number of halogens is 1. The molecule has 2 aromatic rings. The maximum atomic E-state index is 11.5. The Morgan fingerprint density at radius 3 is 2.77 bits per heavy atom. The Balaban J connectivity index is 3.04. The molecule has 0 amide bonds. The molecule has 0 saturated carbocycles. The maximum Gasteiger partial charge on any atom is 0.329 e. The Morgan fingerprint density at radius 1 is 1.38 bits per heavy atom. The second-order valence-electron chi connectivity index (χ2n) is 2.90. The molecular weight excluding hydrogens is 281 g/mol. The number of aromatic nitrogens is 3. The van der Waals surface area contributed by atoms with Gasteiger partial charge in [0.15, 0.2) is 5.65 Å². The molecule has 2 heterocycles. The van der Waals surface area contributed by atoms with Crippen LogP contribution in [0.15, 0.2) is 17.1 Å². The van der Waals surface area contributed by atoms with E-state index in [9.17, 15) is 4.79 Å². The van der Waals surface area contributed by atoms with Crippen molar-refractivity contribution in [3.8, 4) is 0 Å². The second-order valence-corrected chi connectivity index (χ2v) is 4.14. The summed E-state index contributed by atoms with van der Waals surface area (Å²) >= 11 is 2.18. The molecule has 0 spiro atoms. The van der Waals surface area contributed by atoms with E-state index in [2.05, 4.69) is 27.6 Å². The summed E-state index contributed by atoms with van der Waals surface area (Å²) in [5, 5.41) is 0. The van der Waals surface area contributed by atoms with E-state index in [1.54, 1.807) is 29.4 Å². The fourth-order valence-corrected chi connectivity index (χ4v) is 1.78. The molecule has 0 aliphatic carbocycles. The molecule has 5 heteroatoms. The zero-order chi connectivity index (χ0) is 9.59. The molecule has 0 N–H and O–H groups in total. The van der Waals surface area contributed by atoms with E-state index < -0.39 is 0 Å². The molecule has 0 unspecified atom stereocenters. The largest absolute Gasteiger partial charge is 0.329 e. The Morgan fingerprint density at radius 2 is 2.08 bits per heavy atom. The molecule has 0 radical (unpaired) electrons. The molecule has 0 bridgehead atoms. The monoisotopic (exact) mass is 289 g/mol. The normalized spacial score (nSPS) is 11.0. The fraction of sp³-hybridized carbons (Fsp3) is 0.250. The van der Waals surface area contributed by atoms with Crippen molar-refractivity contribution in [3.05, 3.63) is 26.3 Å². The molecular formula is C8H8IN3O. The van der Waals surface area contributed by atoms with Crippen molar-refractivity contribution in [2.24, 2.45) is 14.1 Å². The summed E-state index contributed by atoms with van der Waals surface area (Å²) in [5.74, 6) is 0. The van der Waals surface area contributed by atoms with E-state index in [0.717, 1.165) is 14.7 Å². The minimum Gasteiger partial charge on any atom is -0.293 e. The lowest BCUT2D eigenvalue weighted by atomic mass is 10.4. The fourth-order valence-electron chi connectivity index (χ4n) is 1.35. The van der Waals surface area contributed by atoms with Crippen LogP contribution in [0, 0.1) is 3.57 Å². The van der Waals surface area contributed by atoms with E-state index in [4.69, 9.17) is 0 Å². The van der Waals surface area contributed by atoms with Crippen molar-refractivity contribution >= 4 is 33.8 Å². The highest BCUT2D eigenvalue weighted by atomic mass is 127. The zero-order valence-corrected chi connectivity index (χ0v) is 9.44. The summed E-state index contributed by atoms with van der Waals surface area (Å²) in [6.07, 6.45) is 1.75. The van der Waals surface area contributed by atoms with E-state index >= 15 is 0 Å². The number of pyridine rings is 1. The molecule has 0 aliphatic heterocycles. The van der Waals surface area contributed by atoms with Crippen LogP contribution in [0.1, 0.15) is 0 Å². The lowest BCUT2D eigenvalue weighted by molar-refractivity contribution is 0.791. The number of fused-ring (bicyclic) bond motifs is 1. The van der Waals surface area contributed by atoms with Crippen LogP contribution in [-0.2, 0) is 14.1 Å². The molecule has 4 nitrogen and oxygen atoms in total. The third kappa shape index (κ3) is 1.18. The van der Waals surface area contributed by atoms with Crippen molar-refractivity contribution in [1.82, 2.24) is 14.1 Å². The van der Waals surface area contributed by atoms with Gasteiger partial charge in [-0.25, -0.2) is 9.78 Å². The molecule has 68 valence electrons. The zero-order valence-electron chi connectivity index (χ0n) is 7.28. The van der Waals surface area contributed by atoms with Crippen LogP contribution in [-0.4, -0.2) is 14.1 Å². The summed E-state index contributed by atoms with van der Waals surface area (Å²) in [7, 11) is 3.48. The highest BCUT2D eigenvalue weighted by Gasteiger charge is 2.07. The molecule has 0 saturated heterocycles. The average molecular weight is 289 g/mol. The number of imidazole rings is 1. The van der Waals surface area contributed by atoms with Gasteiger partial charge in [-0.3, -0.25) is 9.13 Å². The summed E-state index contributed by atoms with van der Waals surface area (Å²) < 4.78 is 4.18. The van der Waals surface area contributed by atoms with Crippen LogP contribution in [0.4, 0.5) is 0 Å². The Hall–Kier alpha value is -0.850. The van der Waals surface area contributed by atoms with E-state index in [1.165, 1.54) is 0 Å². The molecule has 0 atom stereocenters. The Bertz CT molecular complexity index is 526. The van der Waals surface area contributed by atoms with Gasteiger partial charge in [0.2, 0.25) is 0 Å². The predicted octanol–water partition coefficient (Wildman–Crippen LogP) is 0.877. The SMILES string of the molecule is Cn1c(=O)n(C)c2ncc(I)cc21. The van der Waals surface area contributed by atoms with Gasteiger partial charge < -0.3 is 0 Å². The maximum absolute atomic E-state index is 11.5. The van der Waals surface area contributed by atoms with E-state index in [0.29, 0.717) is 0 Å². The highest BCUT2D eigenvalue weighted by Crippen LogP contribution is 2.11. The van der Waals surface area contributed by atoms with Crippen LogP contribution in [0.25, 0.3) is 11.2 Å². The molecule has 13 heavy (non-hydrogen) atoms. The molecule has 2 rings (SSSR count). The molecule has 0 aliphatic rings. The number of hydrogen-bond acceptors (Lipinski definition) is 2. The smallest absolute Gasteiger partial charge is 0.293 e. The van der Waals surface area contributed by atoms with E-state index in [-0.39, 0.29) is 5.69 Å². The lowest BCUT2D eigenvalue weighted by Crippen LogP contribution is -2.19. The number of rotatable bonds is 0. The summed E-state index contributed by atoms with van der Waals surface area (Å²) in [5.41, 5.74) is 1.57. The molecule has 2 aromatic heterocycles. The second kappa shape index (κ2) is 2.83. The van der Waals surface area contributed by atoms with Gasteiger partial charge in [0, 0.05) is 23.9 Å². The van der Waals surface area contributed by atoms with Crippen molar-refractivity contribution in [2.45, 2.75) is 0 Å². The van der Waals surface area contributed by atoms with Crippen LogP contribution >= 0.6 is 22.6 Å². The van der Waals surface area contributed by atoms with Crippen LogP contribution in [0.5, 0.6) is 0 Å². The average Bonchev–Trinajstić information content (AvgIpc) is 2.32. The first kappa shape index (κ1) is 8.74. The third-order valence-corrected chi connectivity index (χ3v) is 2.66. The van der Waals surface area contributed by atoms with Crippen molar-refractivity contribution in [2.75, 3.05) is 0 Å². The number of hydrogen-bond donors (Lipinski definition) is 0. The highest BCUT2D eigenvalue weighted by molar-refractivity contribution is 14.1. The number of aryl methyl sites for hydroxylation is 2. The third-order valence-electron chi connectivity index (χ3n) is 2.07. The van der Waals surface area contributed by atoms with Crippen molar-refractivity contribution < 1.29 is 0 Å². The quantitative estimate of drug-likeness (QED) is 0.675. The molecule has 0 aromatic carbocycles. The first-order chi connectivity index (χ1) is 6.11. The van der Waals surface area contributed by atoms with Crippen LogP contribution in [0.3, 0.4) is 0 Å². The topological polar surface area (TPSA) is 39.8 Å². The van der Waals surface area contributed by atoms with Crippen LogP contribution < -0.4 is 5.69 Å². The van der Waals surface area contributed by atoms with Gasteiger partial charge in [-0.15, -0.1) is 0 Å². The van der Waals surface area contributed by atoms with Crippen molar-refractivity contribution in [1.29, 1.82) is 0 Å². The van der Waals surface area contributed by atoms with Crippen molar-refractivity contribution in [3.63, 3.8) is 0 Å². The van der Waals surface area contributed by atoms with Crippen LogP contribution in [0.2, 0.25) is 0 Å². The first-order valence-corrected chi connectivity index (χ1v) is 4.86. The van der Waals surface area contributed by atoms with Gasteiger partial charge >= 0.3 is 5.69 Å². The van der Waals surface area contributed by atoms with Gasteiger partial charge in [-0.1, -0.05) is 0 Å². The van der Waals surface area contributed by atoms with Gasteiger partial charge in [0.1, 0.15) is 0 Å². The minimum absolute atomic E-state index is 0.0375. The minimum atomic E-state index is -0.0375. The number of nitrogens with zero attached hydrogens (tertiary/aromatic N) is 3. The summed E-state index contributed by atoms with van der Waals surface area (Å²) in [4.78, 5) is 15.7. The summed E-state index contributed by atoms with van der Waals surface area (Å²) in [6.45, 7) is 0. The predicted molar refractivity (Wildman–Crippen MR) is 58.7 cm³/mol. The standard InChI is InChI=1S/C8H8IN3O/c1-11-6-3-5(9)4-10-7(6)12(2)8(11)13/h3-4H,1-2H3. The van der Waals surface area contributed by atoms with Gasteiger partial charge in [0.05, 0.1) is 5.52 Å². The van der Waals surface area contributed by atoms with Gasteiger partial charge in [-0.2, -0.15) is 0 Å². The van der Waals surface area contributed by atoms with Gasteiger partial charge in [-0.05, 0) is 28.7 Å². The Kier molecular flexibility index (Phi) is 1.90. The first-order valence-electron chi connectivity index (χ1n) is 3.78. The lowest BCUT2D eigenvalue weighted by Gasteiger charge is -1.93. The van der Waals surface area contributed by atoms with Gasteiger partial charge in [0.25, 0.3) is 0 Å². The van der Waals surface area contributed by atoms with E-state index in [1.807, 2.05) is 6.07 Å².